The van der Waals surface area contributed by atoms with Crippen molar-refractivity contribution in [3.8, 4) is 0 Å². The minimum absolute atomic E-state index is 0.0324. The lowest BCUT2D eigenvalue weighted by atomic mass is 10.2. The third kappa shape index (κ3) is 2.04. The predicted octanol–water partition coefficient (Wildman–Crippen LogP) is 4.66. The number of hydrogen-bond donors (Lipinski definition) is 0. The number of hydrogen-bond acceptors (Lipinski definition) is 2. The van der Waals surface area contributed by atoms with Crippen molar-refractivity contribution >= 4 is 39.7 Å². The van der Waals surface area contributed by atoms with Crippen LogP contribution in [-0.2, 0) is 0 Å². The first-order valence-corrected chi connectivity index (χ1v) is 7.62. The van der Waals surface area contributed by atoms with Crippen molar-refractivity contribution in [3.05, 3.63) is 54.1 Å². The van der Waals surface area contributed by atoms with Crippen molar-refractivity contribution in [1.82, 2.24) is 0 Å². The quantitative estimate of drug-likeness (QED) is 0.421. The topological polar surface area (TPSA) is 6.48 Å². The summed E-state index contributed by atoms with van der Waals surface area (Å²) in [7, 11) is 0. The molecule has 0 radical (unpaired) electrons. The van der Waals surface area contributed by atoms with Crippen molar-refractivity contribution in [2.45, 2.75) is 11.1 Å². The van der Waals surface area contributed by atoms with E-state index in [1.807, 2.05) is 29.2 Å². The maximum Gasteiger partial charge on any atom is 0.159 e. The Morgan fingerprint density at radius 3 is 2.40 bits per heavy atom. The molecular weight excluding hydrogens is 373 g/mol. The van der Waals surface area contributed by atoms with Gasteiger partial charge >= 0.3 is 0 Å². The van der Waals surface area contributed by atoms with Crippen LogP contribution in [0.5, 0.6) is 0 Å². The standard InChI is InChI=1S/C15H13F2IN2/c1-2-19-13-5-3-4-6-14(13)20(15(19)18)12-8-7-10(16)9-11(12)17/h3-9,15H,2H2,1H3. The zero-order valence-corrected chi connectivity index (χ0v) is 13.0. The number of halogens is 3. The molecule has 2 aromatic carbocycles. The number of rotatable bonds is 2. The first-order valence-electron chi connectivity index (χ1n) is 6.37. The molecule has 2 nitrogen and oxygen atoms in total. The molecule has 0 aliphatic carbocycles. The van der Waals surface area contributed by atoms with Crippen LogP contribution < -0.4 is 9.80 Å². The molecule has 1 aliphatic heterocycles. The van der Waals surface area contributed by atoms with E-state index in [4.69, 9.17) is 0 Å². The summed E-state index contributed by atoms with van der Waals surface area (Å²) in [5, 5.41) is 0. The monoisotopic (exact) mass is 386 g/mol. The zero-order valence-electron chi connectivity index (χ0n) is 10.9. The second-order valence-electron chi connectivity index (χ2n) is 4.55. The smallest absolute Gasteiger partial charge is 0.159 e. The van der Waals surface area contributed by atoms with Crippen LogP contribution in [0.2, 0.25) is 0 Å². The maximum absolute atomic E-state index is 14.1. The minimum atomic E-state index is -0.559. The number of fused-ring (bicyclic) bond motifs is 1. The number of alkyl halides is 1. The van der Waals surface area contributed by atoms with Gasteiger partial charge in [0.2, 0.25) is 0 Å². The van der Waals surface area contributed by atoms with E-state index in [-0.39, 0.29) is 4.17 Å². The third-order valence-corrected chi connectivity index (χ3v) is 4.66. The Labute approximate surface area is 130 Å². The van der Waals surface area contributed by atoms with Gasteiger partial charge in [-0.2, -0.15) is 0 Å². The highest BCUT2D eigenvalue weighted by molar-refractivity contribution is 14.1. The largest absolute Gasteiger partial charge is 0.341 e. The van der Waals surface area contributed by atoms with E-state index in [1.165, 1.54) is 12.1 Å². The molecule has 0 saturated heterocycles. The first kappa shape index (κ1) is 13.6. The number of nitrogens with zero attached hydrogens (tertiary/aromatic N) is 2. The Hall–Kier alpha value is -1.37. The lowest BCUT2D eigenvalue weighted by Gasteiger charge is -2.28. The molecule has 3 rings (SSSR count). The van der Waals surface area contributed by atoms with E-state index in [0.717, 1.165) is 24.0 Å². The molecule has 1 unspecified atom stereocenters. The van der Waals surface area contributed by atoms with Crippen LogP contribution in [0.4, 0.5) is 25.8 Å². The highest BCUT2D eigenvalue weighted by Crippen LogP contribution is 2.46. The Bertz CT molecular complexity index is 648. The molecule has 1 heterocycles. The molecule has 20 heavy (non-hydrogen) atoms. The van der Waals surface area contributed by atoms with E-state index in [9.17, 15) is 8.78 Å². The Morgan fingerprint density at radius 2 is 1.75 bits per heavy atom. The van der Waals surface area contributed by atoms with Crippen molar-refractivity contribution in [2.24, 2.45) is 0 Å². The van der Waals surface area contributed by atoms with Crippen molar-refractivity contribution < 1.29 is 8.78 Å². The average Bonchev–Trinajstić information content (AvgIpc) is 2.71. The zero-order chi connectivity index (χ0) is 14.3. The van der Waals surface area contributed by atoms with Gasteiger partial charge in [-0.25, -0.2) is 8.78 Å². The second-order valence-corrected chi connectivity index (χ2v) is 5.67. The molecule has 5 heteroatoms. The molecule has 0 bridgehead atoms. The lowest BCUT2D eigenvalue weighted by molar-refractivity contribution is 0.582. The van der Waals surface area contributed by atoms with Crippen LogP contribution in [0.3, 0.4) is 0 Å². The molecule has 0 fully saturated rings. The first-order chi connectivity index (χ1) is 9.63. The molecule has 0 saturated carbocycles. The summed E-state index contributed by atoms with van der Waals surface area (Å²) in [6, 6.07) is 11.6. The molecule has 0 N–H and O–H groups in total. The van der Waals surface area contributed by atoms with E-state index in [1.54, 1.807) is 0 Å². The summed E-state index contributed by atoms with van der Waals surface area (Å²) in [5.74, 6) is -1.10. The molecule has 104 valence electrons. The van der Waals surface area contributed by atoms with E-state index >= 15 is 0 Å². The number of benzene rings is 2. The highest BCUT2D eigenvalue weighted by Gasteiger charge is 2.35. The number of para-hydroxylation sites is 2. The van der Waals surface area contributed by atoms with Crippen LogP contribution in [0.15, 0.2) is 42.5 Å². The molecule has 0 aromatic heterocycles. The van der Waals surface area contributed by atoms with Crippen LogP contribution in [0.1, 0.15) is 6.92 Å². The number of anilines is 3. The van der Waals surface area contributed by atoms with Gasteiger partial charge in [-0.3, -0.25) is 0 Å². The van der Waals surface area contributed by atoms with Gasteiger partial charge in [-0.1, -0.05) is 12.1 Å². The van der Waals surface area contributed by atoms with Gasteiger partial charge in [0.25, 0.3) is 0 Å². The van der Waals surface area contributed by atoms with Crippen LogP contribution in [0, 0.1) is 11.6 Å². The van der Waals surface area contributed by atoms with Crippen LogP contribution >= 0.6 is 22.6 Å². The van der Waals surface area contributed by atoms with Gasteiger partial charge in [0, 0.05) is 12.6 Å². The summed E-state index contributed by atoms with van der Waals surface area (Å²) in [5.41, 5.74) is 2.41. The Morgan fingerprint density at radius 1 is 1.05 bits per heavy atom. The summed E-state index contributed by atoms with van der Waals surface area (Å²) < 4.78 is 27.2. The highest BCUT2D eigenvalue weighted by atomic mass is 127. The normalized spacial score (nSPS) is 17.5. The SMILES string of the molecule is CCN1c2ccccc2N(c2ccc(F)cc2F)C1I. The molecule has 0 spiro atoms. The lowest BCUT2D eigenvalue weighted by Crippen LogP contribution is -2.35. The second kappa shape index (κ2) is 5.20. The minimum Gasteiger partial charge on any atom is -0.341 e. The molecular formula is C15H13F2IN2. The van der Waals surface area contributed by atoms with Gasteiger partial charge in [0.15, 0.2) is 4.17 Å². The Balaban J connectivity index is 2.14. The molecule has 2 aromatic rings. The summed E-state index contributed by atoms with van der Waals surface area (Å²) in [6.45, 7) is 2.89. The van der Waals surface area contributed by atoms with Crippen molar-refractivity contribution in [3.63, 3.8) is 0 Å². The van der Waals surface area contributed by atoms with Crippen molar-refractivity contribution in [2.75, 3.05) is 16.3 Å². The molecule has 1 atom stereocenters. The fraction of sp³-hybridized carbons (Fsp3) is 0.200. The summed E-state index contributed by atoms with van der Waals surface area (Å²) in [6.07, 6.45) is 0. The van der Waals surface area contributed by atoms with E-state index in [0.29, 0.717) is 5.69 Å². The van der Waals surface area contributed by atoms with E-state index < -0.39 is 11.6 Å². The molecule has 0 amide bonds. The predicted molar refractivity (Wildman–Crippen MR) is 85.8 cm³/mol. The fourth-order valence-electron chi connectivity index (χ4n) is 2.52. The summed E-state index contributed by atoms with van der Waals surface area (Å²) in [4.78, 5) is 4.08. The molecule has 1 aliphatic rings. The van der Waals surface area contributed by atoms with Gasteiger partial charge in [-0.15, -0.1) is 0 Å². The van der Waals surface area contributed by atoms with E-state index in [2.05, 4.69) is 34.4 Å². The van der Waals surface area contributed by atoms with Crippen LogP contribution in [-0.4, -0.2) is 10.7 Å². The average molecular weight is 386 g/mol. The van der Waals surface area contributed by atoms with Gasteiger partial charge < -0.3 is 9.80 Å². The third-order valence-electron chi connectivity index (χ3n) is 3.43. The van der Waals surface area contributed by atoms with Gasteiger partial charge in [-0.05, 0) is 53.8 Å². The van der Waals surface area contributed by atoms with Crippen molar-refractivity contribution in [1.29, 1.82) is 0 Å². The maximum atomic E-state index is 14.1. The van der Waals surface area contributed by atoms with Gasteiger partial charge in [0.05, 0.1) is 17.1 Å². The fourth-order valence-corrected chi connectivity index (χ4v) is 3.82. The summed E-state index contributed by atoms with van der Waals surface area (Å²) >= 11 is 2.27. The Kier molecular flexibility index (Phi) is 3.54. The van der Waals surface area contributed by atoms with Crippen LogP contribution in [0.25, 0.3) is 0 Å². The van der Waals surface area contributed by atoms with Gasteiger partial charge in [0.1, 0.15) is 11.6 Å².